The second-order valence-electron chi connectivity index (χ2n) is 4.01. The molecule has 0 spiro atoms. The van der Waals surface area contributed by atoms with Gasteiger partial charge in [0.05, 0.1) is 10.9 Å². The van der Waals surface area contributed by atoms with Crippen molar-refractivity contribution in [2.75, 3.05) is 19.6 Å². The Labute approximate surface area is 99.5 Å². The van der Waals surface area contributed by atoms with Gasteiger partial charge in [-0.1, -0.05) is 0 Å². The molecule has 88 valence electrons. The average molecular weight is 239 g/mol. The Balaban J connectivity index is 1.67. The van der Waals surface area contributed by atoms with Gasteiger partial charge in [0.2, 0.25) is 5.91 Å². The zero-order valence-electron chi connectivity index (χ0n) is 9.24. The Hall–Kier alpha value is -0.940. The van der Waals surface area contributed by atoms with E-state index in [0.717, 1.165) is 37.4 Å². The van der Waals surface area contributed by atoms with Gasteiger partial charge in [-0.3, -0.25) is 4.79 Å². The lowest BCUT2D eigenvalue weighted by Gasteiger charge is -2.21. The predicted molar refractivity (Wildman–Crippen MR) is 64.4 cm³/mol. The van der Waals surface area contributed by atoms with E-state index >= 15 is 0 Å². The highest BCUT2D eigenvalue weighted by molar-refractivity contribution is 7.09. The summed E-state index contributed by atoms with van der Waals surface area (Å²) in [5.41, 5.74) is 0. The summed E-state index contributed by atoms with van der Waals surface area (Å²) in [6.07, 6.45) is 4.75. The number of rotatable bonds is 4. The van der Waals surface area contributed by atoms with Crippen LogP contribution < -0.4 is 10.6 Å². The van der Waals surface area contributed by atoms with Crippen molar-refractivity contribution in [3.05, 3.63) is 16.6 Å². The summed E-state index contributed by atoms with van der Waals surface area (Å²) in [6, 6.07) is 0. The van der Waals surface area contributed by atoms with E-state index in [4.69, 9.17) is 0 Å². The molecule has 1 aliphatic heterocycles. The molecule has 0 aliphatic carbocycles. The number of aromatic nitrogens is 1. The summed E-state index contributed by atoms with van der Waals surface area (Å²) in [7, 11) is 0. The normalized spacial score (nSPS) is 20.6. The fourth-order valence-corrected chi connectivity index (χ4v) is 2.51. The number of carbonyl (C=O) groups is 1. The molecule has 0 radical (unpaired) electrons. The summed E-state index contributed by atoms with van der Waals surface area (Å²) >= 11 is 1.64. The van der Waals surface area contributed by atoms with Crippen molar-refractivity contribution >= 4 is 17.2 Å². The molecular formula is C11H17N3OS. The van der Waals surface area contributed by atoms with Gasteiger partial charge in [-0.15, -0.1) is 11.3 Å². The maximum Gasteiger partial charge on any atom is 0.224 e. The van der Waals surface area contributed by atoms with Crippen LogP contribution >= 0.6 is 11.3 Å². The van der Waals surface area contributed by atoms with Gasteiger partial charge < -0.3 is 10.6 Å². The average Bonchev–Trinajstić information content (AvgIpc) is 2.83. The summed E-state index contributed by atoms with van der Waals surface area (Å²) in [6.45, 7) is 2.56. The molecule has 0 aromatic carbocycles. The van der Waals surface area contributed by atoms with Crippen molar-refractivity contribution in [3.8, 4) is 0 Å². The van der Waals surface area contributed by atoms with E-state index < -0.39 is 0 Å². The first-order chi connectivity index (χ1) is 7.86. The van der Waals surface area contributed by atoms with Crippen molar-refractivity contribution < 1.29 is 4.79 Å². The molecule has 2 heterocycles. The lowest BCUT2D eigenvalue weighted by Crippen LogP contribution is -2.41. The topological polar surface area (TPSA) is 54.0 Å². The number of nitrogens with zero attached hydrogens (tertiary/aromatic N) is 1. The van der Waals surface area contributed by atoms with Gasteiger partial charge in [0.15, 0.2) is 0 Å². The second-order valence-corrected chi connectivity index (χ2v) is 4.99. The van der Waals surface area contributed by atoms with E-state index in [1.807, 2.05) is 5.38 Å². The fraction of sp³-hybridized carbons (Fsp3) is 0.636. The maximum absolute atomic E-state index is 11.8. The lowest BCUT2D eigenvalue weighted by molar-refractivity contribution is -0.125. The quantitative estimate of drug-likeness (QED) is 0.817. The highest BCUT2D eigenvalue weighted by atomic mass is 32.1. The largest absolute Gasteiger partial charge is 0.355 e. The third kappa shape index (κ3) is 3.28. The summed E-state index contributed by atoms with van der Waals surface area (Å²) < 4.78 is 0. The number of nitrogens with one attached hydrogen (secondary N) is 2. The van der Waals surface area contributed by atoms with Crippen LogP contribution in [0, 0.1) is 5.92 Å². The number of piperidine rings is 1. The van der Waals surface area contributed by atoms with Gasteiger partial charge in [0.25, 0.3) is 0 Å². The van der Waals surface area contributed by atoms with E-state index in [0.29, 0.717) is 6.54 Å². The molecule has 0 saturated carbocycles. The smallest absolute Gasteiger partial charge is 0.224 e. The van der Waals surface area contributed by atoms with Gasteiger partial charge in [-0.2, -0.15) is 0 Å². The summed E-state index contributed by atoms with van der Waals surface area (Å²) in [4.78, 5) is 15.9. The highest BCUT2D eigenvalue weighted by Gasteiger charge is 2.20. The number of amides is 1. The Kier molecular flexibility index (Phi) is 4.30. The predicted octanol–water partition coefficient (Wildman–Crippen LogP) is 0.801. The SMILES string of the molecule is O=C(NCCc1nccs1)C1CCCNC1. The lowest BCUT2D eigenvalue weighted by atomic mass is 9.99. The first-order valence-corrected chi connectivity index (χ1v) is 6.61. The van der Waals surface area contributed by atoms with Gasteiger partial charge >= 0.3 is 0 Å². The van der Waals surface area contributed by atoms with Gasteiger partial charge in [0, 0.05) is 31.1 Å². The van der Waals surface area contributed by atoms with Gasteiger partial charge in [-0.25, -0.2) is 4.98 Å². The van der Waals surface area contributed by atoms with Crippen LogP contribution in [0.2, 0.25) is 0 Å². The van der Waals surface area contributed by atoms with Crippen LogP contribution in [0.1, 0.15) is 17.8 Å². The molecule has 1 fully saturated rings. The van der Waals surface area contributed by atoms with Gasteiger partial charge in [-0.05, 0) is 19.4 Å². The molecule has 0 bridgehead atoms. The van der Waals surface area contributed by atoms with E-state index in [-0.39, 0.29) is 11.8 Å². The molecule has 1 saturated heterocycles. The van der Waals surface area contributed by atoms with Crippen LogP contribution in [0.3, 0.4) is 0 Å². The van der Waals surface area contributed by atoms with Crippen LogP contribution in [-0.2, 0) is 11.2 Å². The van der Waals surface area contributed by atoms with E-state index in [1.54, 1.807) is 17.5 Å². The van der Waals surface area contributed by atoms with E-state index in [1.165, 1.54) is 0 Å². The Morgan fingerprint density at radius 2 is 2.62 bits per heavy atom. The first-order valence-electron chi connectivity index (χ1n) is 5.73. The molecule has 16 heavy (non-hydrogen) atoms. The molecule has 1 amide bonds. The Bertz CT molecular complexity index is 320. The Morgan fingerprint density at radius 3 is 3.31 bits per heavy atom. The third-order valence-corrected chi connectivity index (χ3v) is 3.63. The first kappa shape index (κ1) is 11.5. The van der Waals surface area contributed by atoms with E-state index in [9.17, 15) is 4.79 Å². The molecule has 1 aromatic heterocycles. The minimum atomic E-state index is 0.157. The molecule has 1 atom stereocenters. The molecule has 4 nitrogen and oxygen atoms in total. The highest BCUT2D eigenvalue weighted by Crippen LogP contribution is 2.09. The van der Waals surface area contributed by atoms with Crippen molar-refractivity contribution in [1.82, 2.24) is 15.6 Å². The number of hydrogen-bond acceptors (Lipinski definition) is 4. The maximum atomic E-state index is 11.8. The monoisotopic (exact) mass is 239 g/mol. The molecule has 2 rings (SSSR count). The van der Waals surface area contributed by atoms with Crippen molar-refractivity contribution in [2.45, 2.75) is 19.3 Å². The summed E-state index contributed by atoms with van der Waals surface area (Å²) in [5.74, 6) is 0.341. The molecule has 5 heteroatoms. The van der Waals surface area contributed by atoms with Crippen LogP contribution in [0.25, 0.3) is 0 Å². The molecule has 1 aromatic rings. The zero-order chi connectivity index (χ0) is 11.2. The van der Waals surface area contributed by atoms with Crippen LogP contribution in [0.5, 0.6) is 0 Å². The minimum Gasteiger partial charge on any atom is -0.355 e. The summed E-state index contributed by atoms with van der Waals surface area (Å²) in [5, 5.41) is 9.27. The zero-order valence-corrected chi connectivity index (χ0v) is 10.1. The van der Waals surface area contributed by atoms with Crippen molar-refractivity contribution in [3.63, 3.8) is 0 Å². The molecule has 1 aliphatic rings. The van der Waals surface area contributed by atoms with Crippen LogP contribution in [0.4, 0.5) is 0 Å². The molecular weight excluding hydrogens is 222 g/mol. The second kappa shape index (κ2) is 5.96. The van der Waals surface area contributed by atoms with Crippen LogP contribution in [-0.4, -0.2) is 30.5 Å². The molecule has 2 N–H and O–H groups in total. The van der Waals surface area contributed by atoms with Crippen molar-refractivity contribution in [1.29, 1.82) is 0 Å². The number of hydrogen-bond donors (Lipinski definition) is 2. The standard InChI is InChI=1S/C11H17N3OS/c15-11(9-2-1-4-12-8-9)14-5-3-10-13-6-7-16-10/h6-7,9,12H,1-5,8H2,(H,14,15). The number of carbonyl (C=O) groups excluding carboxylic acids is 1. The number of thiazole rings is 1. The minimum absolute atomic E-state index is 0.157. The Morgan fingerprint density at radius 1 is 1.69 bits per heavy atom. The van der Waals surface area contributed by atoms with Crippen LogP contribution in [0.15, 0.2) is 11.6 Å². The van der Waals surface area contributed by atoms with E-state index in [2.05, 4.69) is 15.6 Å². The fourth-order valence-electron chi connectivity index (χ4n) is 1.89. The van der Waals surface area contributed by atoms with Crippen molar-refractivity contribution in [2.24, 2.45) is 5.92 Å². The molecule has 1 unspecified atom stereocenters. The van der Waals surface area contributed by atoms with Gasteiger partial charge in [0.1, 0.15) is 0 Å². The third-order valence-electron chi connectivity index (χ3n) is 2.79.